The van der Waals surface area contributed by atoms with Crippen molar-refractivity contribution in [3.8, 4) is 0 Å². The number of amides is 2. The molecule has 1 aliphatic rings. The number of carbonyl (C=O) groups is 2. The maximum atomic E-state index is 12.6. The fourth-order valence-electron chi connectivity index (χ4n) is 2.93. The number of likely N-dealkylation sites (tertiary alicyclic amines) is 1. The Balaban J connectivity index is 1.61. The molecule has 1 N–H and O–H groups in total. The molecule has 2 amide bonds. The lowest BCUT2D eigenvalue weighted by Gasteiger charge is -2.31. The lowest BCUT2D eigenvalue weighted by Crippen LogP contribution is -2.43. The summed E-state index contributed by atoms with van der Waals surface area (Å²) < 4.78 is 42.6. The predicted octanol–water partition coefficient (Wildman–Crippen LogP) is 3.79. The normalized spacial score (nSPS) is 17.8. The van der Waals surface area contributed by atoms with E-state index in [4.69, 9.17) is 4.42 Å². The quantitative estimate of drug-likeness (QED) is 0.899. The molecule has 1 aliphatic heterocycles. The third-order valence-electron chi connectivity index (χ3n) is 4.33. The zero-order chi connectivity index (χ0) is 18.7. The maximum absolute atomic E-state index is 12.6. The standard InChI is InChI=1S/C18H17F3N2O3/c19-18(20,21)14-3-5-15(6-4-14)22-16(24)12-2-1-8-23(10-12)17(25)13-7-9-26-11-13/h3-7,9,11-12H,1-2,8,10H2,(H,22,24). The fraction of sp³-hybridized carbons (Fsp3) is 0.333. The second-order valence-corrected chi connectivity index (χ2v) is 6.17. The molecule has 0 saturated carbocycles. The molecular formula is C18H17F3N2O3. The van der Waals surface area contributed by atoms with Gasteiger partial charge in [0.15, 0.2) is 0 Å². The number of halogens is 3. The van der Waals surface area contributed by atoms with Gasteiger partial charge in [0.25, 0.3) is 5.91 Å². The van der Waals surface area contributed by atoms with Crippen molar-refractivity contribution in [1.82, 2.24) is 4.90 Å². The van der Waals surface area contributed by atoms with Crippen molar-refractivity contribution in [3.63, 3.8) is 0 Å². The highest BCUT2D eigenvalue weighted by Gasteiger charge is 2.31. The van der Waals surface area contributed by atoms with Gasteiger partial charge in [0, 0.05) is 18.8 Å². The SMILES string of the molecule is O=C(Nc1ccc(C(F)(F)F)cc1)C1CCCN(C(=O)c2ccoc2)C1. The minimum absolute atomic E-state index is 0.203. The van der Waals surface area contributed by atoms with E-state index in [9.17, 15) is 22.8 Å². The summed E-state index contributed by atoms with van der Waals surface area (Å²) in [6.45, 7) is 0.810. The lowest BCUT2D eigenvalue weighted by molar-refractivity contribution is -0.137. The van der Waals surface area contributed by atoms with Crippen molar-refractivity contribution in [3.05, 3.63) is 54.0 Å². The molecule has 0 bridgehead atoms. The molecule has 0 radical (unpaired) electrons. The first-order chi connectivity index (χ1) is 12.3. The largest absolute Gasteiger partial charge is 0.472 e. The van der Waals surface area contributed by atoms with Crippen LogP contribution in [0.15, 0.2) is 47.3 Å². The number of nitrogens with one attached hydrogen (secondary N) is 1. The molecule has 1 aromatic heterocycles. The Hall–Kier alpha value is -2.77. The molecule has 26 heavy (non-hydrogen) atoms. The molecule has 3 rings (SSSR count). The third-order valence-corrected chi connectivity index (χ3v) is 4.33. The number of carbonyl (C=O) groups excluding carboxylic acids is 2. The van der Waals surface area contributed by atoms with Crippen molar-refractivity contribution >= 4 is 17.5 Å². The number of hydrogen-bond acceptors (Lipinski definition) is 3. The molecule has 1 aromatic carbocycles. The molecule has 8 heteroatoms. The zero-order valence-electron chi connectivity index (χ0n) is 13.8. The van der Waals surface area contributed by atoms with Crippen molar-refractivity contribution < 1.29 is 27.2 Å². The van der Waals surface area contributed by atoms with E-state index < -0.39 is 17.7 Å². The average molecular weight is 366 g/mol. The minimum atomic E-state index is -4.42. The number of rotatable bonds is 3. The molecule has 5 nitrogen and oxygen atoms in total. The van der Waals surface area contributed by atoms with Crippen LogP contribution in [0.5, 0.6) is 0 Å². The van der Waals surface area contributed by atoms with Crippen LogP contribution in [-0.2, 0) is 11.0 Å². The first-order valence-electron chi connectivity index (χ1n) is 8.14. The monoisotopic (exact) mass is 366 g/mol. The smallest absolute Gasteiger partial charge is 0.416 e. The van der Waals surface area contributed by atoms with Gasteiger partial charge in [0.1, 0.15) is 6.26 Å². The van der Waals surface area contributed by atoms with Gasteiger partial charge in [-0.3, -0.25) is 9.59 Å². The Labute approximate surface area is 147 Å². The zero-order valence-corrected chi connectivity index (χ0v) is 13.8. The molecule has 0 spiro atoms. The van der Waals surface area contributed by atoms with Gasteiger partial charge in [0.2, 0.25) is 5.91 Å². The topological polar surface area (TPSA) is 62.6 Å². The summed E-state index contributed by atoms with van der Waals surface area (Å²) in [5, 5.41) is 2.62. The van der Waals surface area contributed by atoms with Crippen LogP contribution >= 0.6 is 0 Å². The van der Waals surface area contributed by atoms with Crippen molar-refractivity contribution in [2.24, 2.45) is 5.92 Å². The van der Waals surface area contributed by atoms with Crippen molar-refractivity contribution in [1.29, 1.82) is 0 Å². The Morgan fingerprint density at radius 3 is 2.50 bits per heavy atom. The Morgan fingerprint density at radius 1 is 1.15 bits per heavy atom. The number of benzene rings is 1. The minimum Gasteiger partial charge on any atom is -0.472 e. The van der Waals surface area contributed by atoms with Crippen LogP contribution in [0.3, 0.4) is 0 Å². The van der Waals surface area contributed by atoms with E-state index in [1.807, 2.05) is 0 Å². The van der Waals surface area contributed by atoms with Gasteiger partial charge in [-0.2, -0.15) is 13.2 Å². The summed E-state index contributed by atoms with van der Waals surface area (Å²) >= 11 is 0. The summed E-state index contributed by atoms with van der Waals surface area (Å²) in [5.74, 6) is -0.929. The molecule has 1 atom stereocenters. The highest BCUT2D eigenvalue weighted by atomic mass is 19.4. The third kappa shape index (κ3) is 4.07. The predicted molar refractivity (Wildman–Crippen MR) is 87.4 cm³/mol. The Bertz CT molecular complexity index is 770. The first-order valence-corrected chi connectivity index (χ1v) is 8.14. The summed E-state index contributed by atoms with van der Waals surface area (Å²) in [6, 6.07) is 5.85. The summed E-state index contributed by atoms with van der Waals surface area (Å²) in [6.07, 6.45) is -0.365. The van der Waals surface area contributed by atoms with E-state index in [0.717, 1.165) is 12.1 Å². The van der Waals surface area contributed by atoms with E-state index in [-0.39, 0.29) is 18.4 Å². The first kappa shape index (κ1) is 18.0. The second kappa shape index (κ2) is 7.23. The maximum Gasteiger partial charge on any atom is 0.416 e. The number of hydrogen-bond donors (Lipinski definition) is 1. The lowest BCUT2D eigenvalue weighted by atomic mass is 9.96. The van der Waals surface area contributed by atoms with Gasteiger partial charge in [-0.15, -0.1) is 0 Å². The second-order valence-electron chi connectivity index (χ2n) is 6.17. The van der Waals surface area contributed by atoms with Gasteiger partial charge in [-0.25, -0.2) is 0 Å². The van der Waals surface area contributed by atoms with Gasteiger partial charge in [-0.1, -0.05) is 0 Å². The molecule has 1 fully saturated rings. The van der Waals surface area contributed by atoms with E-state index in [0.29, 0.717) is 30.6 Å². The van der Waals surface area contributed by atoms with Gasteiger partial charge in [0.05, 0.1) is 23.3 Å². The highest BCUT2D eigenvalue weighted by molar-refractivity contribution is 5.96. The van der Waals surface area contributed by atoms with Crippen LogP contribution in [0.2, 0.25) is 0 Å². The molecule has 1 unspecified atom stereocenters. The number of anilines is 1. The Kier molecular flexibility index (Phi) is 5.01. The molecule has 1 saturated heterocycles. The summed E-state index contributed by atoms with van der Waals surface area (Å²) in [7, 11) is 0. The van der Waals surface area contributed by atoms with E-state index in [1.165, 1.54) is 24.7 Å². The van der Waals surface area contributed by atoms with Crippen LogP contribution in [0.4, 0.5) is 18.9 Å². The fourth-order valence-corrected chi connectivity index (χ4v) is 2.93. The van der Waals surface area contributed by atoms with E-state index in [2.05, 4.69) is 5.32 Å². The molecule has 2 heterocycles. The number of nitrogens with zero attached hydrogens (tertiary/aromatic N) is 1. The Morgan fingerprint density at radius 2 is 1.88 bits per heavy atom. The van der Waals surface area contributed by atoms with Crippen LogP contribution in [0.25, 0.3) is 0 Å². The van der Waals surface area contributed by atoms with Crippen LogP contribution in [0, 0.1) is 5.92 Å². The van der Waals surface area contributed by atoms with Crippen LogP contribution in [-0.4, -0.2) is 29.8 Å². The highest BCUT2D eigenvalue weighted by Crippen LogP contribution is 2.30. The van der Waals surface area contributed by atoms with Crippen molar-refractivity contribution in [2.75, 3.05) is 18.4 Å². The van der Waals surface area contributed by atoms with Gasteiger partial charge in [-0.05, 0) is 43.2 Å². The molecular weight excluding hydrogens is 349 g/mol. The summed E-state index contributed by atoms with van der Waals surface area (Å²) in [5.41, 5.74) is -0.0554. The van der Waals surface area contributed by atoms with Gasteiger partial charge < -0.3 is 14.6 Å². The van der Waals surface area contributed by atoms with Crippen LogP contribution in [0.1, 0.15) is 28.8 Å². The summed E-state index contributed by atoms with van der Waals surface area (Å²) in [4.78, 5) is 26.3. The number of alkyl halides is 3. The van der Waals surface area contributed by atoms with E-state index >= 15 is 0 Å². The van der Waals surface area contributed by atoms with Crippen molar-refractivity contribution in [2.45, 2.75) is 19.0 Å². The van der Waals surface area contributed by atoms with E-state index in [1.54, 1.807) is 11.0 Å². The molecule has 138 valence electrons. The average Bonchev–Trinajstić information content (AvgIpc) is 3.15. The molecule has 2 aromatic rings. The number of furan rings is 1. The van der Waals surface area contributed by atoms with Crippen LogP contribution < -0.4 is 5.32 Å². The van der Waals surface area contributed by atoms with Gasteiger partial charge >= 0.3 is 6.18 Å². The molecule has 0 aliphatic carbocycles. The number of piperidine rings is 1.